The van der Waals surface area contributed by atoms with Crippen molar-refractivity contribution >= 4 is 44.3 Å². The molecular formula is C23H18N4O2S2. The SMILES string of the molecule is O=C(Cn1c(=O)n2nc(-c3cccs3)nc2c2c3c(sc21)CCCC3)c1ccccc1. The predicted octanol–water partition coefficient (Wildman–Crippen LogP) is 4.60. The van der Waals surface area contributed by atoms with E-state index in [0.717, 1.165) is 40.8 Å². The van der Waals surface area contributed by atoms with Gasteiger partial charge in [0, 0.05) is 10.4 Å². The summed E-state index contributed by atoms with van der Waals surface area (Å²) >= 11 is 3.18. The number of rotatable bonds is 4. The quantitative estimate of drug-likeness (QED) is 0.379. The summed E-state index contributed by atoms with van der Waals surface area (Å²) in [5, 5.41) is 7.50. The number of carbonyl (C=O) groups excluding carboxylic acids is 1. The first kappa shape index (κ1) is 18.7. The van der Waals surface area contributed by atoms with Crippen LogP contribution in [0.4, 0.5) is 0 Å². The fourth-order valence-electron chi connectivity index (χ4n) is 4.29. The van der Waals surface area contributed by atoms with Crippen molar-refractivity contribution in [1.82, 2.24) is 19.2 Å². The molecule has 0 radical (unpaired) electrons. The summed E-state index contributed by atoms with van der Waals surface area (Å²) in [6, 6.07) is 13.0. The fourth-order valence-corrected chi connectivity index (χ4v) is 6.32. The van der Waals surface area contributed by atoms with Gasteiger partial charge in [-0.3, -0.25) is 9.36 Å². The lowest BCUT2D eigenvalue weighted by atomic mass is 9.97. The lowest BCUT2D eigenvalue weighted by Gasteiger charge is -2.11. The van der Waals surface area contributed by atoms with Gasteiger partial charge in [-0.25, -0.2) is 9.78 Å². The second kappa shape index (κ2) is 7.25. The summed E-state index contributed by atoms with van der Waals surface area (Å²) in [4.78, 5) is 34.3. The second-order valence-electron chi connectivity index (χ2n) is 7.70. The number of hydrogen-bond donors (Lipinski definition) is 0. The molecule has 0 unspecified atom stereocenters. The lowest BCUT2D eigenvalue weighted by molar-refractivity contribution is 0.0972. The van der Waals surface area contributed by atoms with Crippen LogP contribution < -0.4 is 5.69 Å². The van der Waals surface area contributed by atoms with Gasteiger partial charge in [-0.15, -0.1) is 27.8 Å². The molecule has 0 saturated carbocycles. The molecule has 154 valence electrons. The highest BCUT2D eigenvalue weighted by Gasteiger charge is 2.25. The van der Waals surface area contributed by atoms with Crippen LogP contribution in [0.3, 0.4) is 0 Å². The molecule has 0 fully saturated rings. The van der Waals surface area contributed by atoms with Crippen molar-refractivity contribution in [2.24, 2.45) is 0 Å². The van der Waals surface area contributed by atoms with E-state index >= 15 is 0 Å². The Hall–Kier alpha value is -3.10. The summed E-state index contributed by atoms with van der Waals surface area (Å²) in [5.74, 6) is 0.463. The number of aryl methyl sites for hydroxylation is 2. The van der Waals surface area contributed by atoms with Crippen LogP contribution in [0.1, 0.15) is 33.6 Å². The Morgan fingerprint density at radius 1 is 1.06 bits per heavy atom. The number of thiophene rings is 2. The Bertz CT molecular complexity index is 1490. The number of Topliss-reactive ketones (excluding diaryl/α,β-unsaturated/α-hetero) is 1. The molecule has 8 heteroatoms. The maximum absolute atomic E-state index is 13.5. The van der Waals surface area contributed by atoms with Crippen molar-refractivity contribution in [1.29, 1.82) is 0 Å². The number of fused-ring (bicyclic) bond motifs is 5. The molecule has 6 nitrogen and oxygen atoms in total. The number of ketones is 1. The van der Waals surface area contributed by atoms with Crippen molar-refractivity contribution in [2.75, 3.05) is 0 Å². The van der Waals surface area contributed by atoms with E-state index in [9.17, 15) is 9.59 Å². The third-order valence-corrected chi connectivity index (χ3v) is 7.96. The highest BCUT2D eigenvalue weighted by Crippen LogP contribution is 2.38. The van der Waals surface area contributed by atoms with Gasteiger partial charge >= 0.3 is 5.69 Å². The molecule has 0 amide bonds. The smallest absolute Gasteiger partial charge is 0.292 e. The molecule has 31 heavy (non-hydrogen) atoms. The van der Waals surface area contributed by atoms with Gasteiger partial charge < -0.3 is 0 Å². The Balaban J connectivity index is 1.62. The summed E-state index contributed by atoms with van der Waals surface area (Å²) in [7, 11) is 0. The van der Waals surface area contributed by atoms with Gasteiger partial charge in [-0.2, -0.15) is 4.52 Å². The van der Waals surface area contributed by atoms with E-state index in [1.165, 1.54) is 15.0 Å². The first-order chi connectivity index (χ1) is 15.2. The molecule has 4 heterocycles. The number of nitrogens with zero attached hydrogens (tertiary/aromatic N) is 4. The minimum Gasteiger partial charge on any atom is -0.292 e. The molecule has 1 aliphatic carbocycles. The van der Waals surface area contributed by atoms with Crippen molar-refractivity contribution in [3.63, 3.8) is 0 Å². The maximum Gasteiger partial charge on any atom is 0.352 e. The highest BCUT2D eigenvalue weighted by atomic mass is 32.1. The van der Waals surface area contributed by atoms with Crippen LogP contribution in [0.25, 0.3) is 26.6 Å². The summed E-state index contributed by atoms with van der Waals surface area (Å²) in [6.45, 7) is -0.0110. The molecule has 0 saturated heterocycles. The Morgan fingerprint density at radius 2 is 1.90 bits per heavy atom. The van der Waals surface area contributed by atoms with Crippen molar-refractivity contribution in [2.45, 2.75) is 32.2 Å². The molecule has 1 aromatic carbocycles. The molecule has 0 spiro atoms. The normalized spacial score (nSPS) is 13.7. The third kappa shape index (κ3) is 2.97. The molecule has 0 bridgehead atoms. The average molecular weight is 447 g/mol. The van der Waals surface area contributed by atoms with Gasteiger partial charge in [0.1, 0.15) is 4.83 Å². The summed E-state index contributed by atoms with van der Waals surface area (Å²) < 4.78 is 2.98. The topological polar surface area (TPSA) is 69.3 Å². The van der Waals surface area contributed by atoms with E-state index < -0.39 is 0 Å². The van der Waals surface area contributed by atoms with Crippen LogP contribution >= 0.6 is 22.7 Å². The van der Waals surface area contributed by atoms with Gasteiger partial charge in [0.05, 0.1) is 16.8 Å². The largest absolute Gasteiger partial charge is 0.352 e. The average Bonchev–Trinajstić information content (AvgIpc) is 3.54. The maximum atomic E-state index is 13.5. The number of benzene rings is 1. The van der Waals surface area contributed by atoms with Crippen molar-refractivity contribution in [3.8, 4) is 10.7 Å². The molecule has 1 aliphatic rings. The van der Waals surface area contributed by atoms with E-state index in [1.54, 1.807) is 39.4 Å². The molecular weight excluding hydrogens is 428 g/mol. The fraction of sp³-hybridized carbons (Fsp3) is 0.217. The van der Waals surface area contributed by atoms with Crippen molar-refractivity contribution in [3.05, 3.63) is 74.3 Å². The van der Waals surface area contributed by atoms with E-state index in [1.807, 2.05) is 35.7 Å². The Kier molecular flexibility index (Phi) is 4.36. The van der Waals surface area contributed by atoms with Crippen LogP contribution in [-0.4, -0.2) is 24.9 Å². The van der Waals surface area contributed by atoms with E-state index in [2.05, 4.69) is 5.10 Å². The minimum absolute atomic E-state index is 0.0110. The molecule has 5 aromatic rings. The summed E-state index contributed by atoms with van der Waals surface area (Å²) in [5.41, 5.74) is 2.15. The van der Waals surface area contributed by atoms with E-state index in [4.69, 9.17) is 4.98 Å². The third-order valence-electron chi connectivity index (χ3n) is 5.78. The van der Waals surface area contributed by atoms with Gasteiger partial charge in [0.2, 0.25) is 0 Å². The van der Waals surface area contributed by atoms with Gasteiger partial charge in [-0.1, -0.05) is 36.4 Å². The molecule has 6 rings (SSSR count). The van der Waals surface area contributed by atoms with Gasteiger partial charge in [-0.05, 0) is 42.7 Å². The standard InChI is InChI=1S/C23H18N4O2S2/c28-16(14-7-2-1-3-8-14)13-26-22-19(15-9-4-5-10-17(15)31-22)21-24-20(18-11-6-12-30-18)25-27(21)23(26)29/h1-3,6-8,11-12H,4-5,9-10,13H2. The number of aromatic nitrogens is 4. The predicted molar refractivity (Wildman–Crippen MR) is 123 cm³/mol. The van der Waals surface area contributed by atoms with Crippen molar-refractivity contribution < 1.29 is 4.79 Å². The highest BCUT2D eigenvalue weighted by molar-refractivity contribution is 7.19. The zero-order chi connectivity index (χ0) is 20.9. The van der Waals surface area contributed by atoms with Crippen LogP contribution in [0.2, 0.25) is 0 Å². The van der Waals surface area contributed by atoms with Crippen LogP contribution in [-0.2, 0) is 19.4 Å². The van der Waals surface area contributed by atoms with E-state index in [-0.39, 0.29) is 18.0 Å². The molecule has 4 aromatic heterocycles. The zero-order valence-electron chi connectivity index (χ0n) is 16.6. The van der Waals surface area contributed by atoms with Crippen LogP contribution in [0.5, 0.6) is 0 Å². The Morgan fingerprint density at radius 3 is 2.71 bits per heavy atom. The van der Waals surface area contributed by atoms with Gasteiger partial charge in [0.25, 0.3) is 0 Å². The minimum atomic E-state index is -0.319. The monoisotopic (exact) mass is 446 g/mol. The lowest BCUT2D eigenvalue weighted by Crippen LogP contribution is -2.30. The Labute approximate surface area is 185 Å². The second-order valence-corrected chi connectivity index (χ2v) is 9.73. The first-order valence-electron chi connectivity index (χ1n) is 10.3. The van der Waals surface area contributed by atoms with E-state index in [0.29, 0.717) is 17.0 Å². The molecule has 0 aliphatic heterocycles. The van der Waals surface area contributed by atoms with Gasteiger partial charge in [0.15, 0.2) is 17.3 Å². The van der Waals surface area contributed by atoms with Crippen LogP contribution in [0, 0.1) is 0 Å². The summed E-state index contributed by atoms with van der Waals surface area (Å²) in [6.07, 6.45) is 4.25. The number of carbonyl (C=O) groups is 1. The number of hydrogen-bond acceptors (Lipinski definition) is 6. The van der Waals surface area contributed by atoms with Crippen LogP contribution in [0.15, 0.2) is 52.6 Å². The molecule has 0 N–H and O–H groups in total. The first-order valence-corrected chi connectivity index (χ1v) is 12.0. The zero-order valence-corrected chi connectivity index (χ0v) is 18.2. The molecule has 0 atom stereocenters.